The summed E-state index contributed by atoms with van der Waals surface area (Å²) >= 11 is 0. The van der Waals surface area contributed by atoms with Gasteiger partial charge in [-0.3, -0.25) is 4.79 Å². The van der Waals surface area contributed by atoms with E-state index in [-0.39, 0.29) is 29.8 Å². The third-order valence-corrected chi connectivity index (χ3v) is 7.83. The molecule has 0 atom stereocenters. The number of carbonyl (C=O) groups is 1. The van der Waals surface area contributed by atoms with Crippen molar-refractivity contribution in [1.29, 1.82) is 0 Å². The number of piperidine rings is 1. The van der Waals surface area contributed by atoms with E-state index in [1.165, 1.54) is 12.1 Å². The van der Waals surface area contributed by atoms with E-state index in [0.29, 0.717) is 45.4 Å². The molecule has 1 saturated carbocycles. The van der Waals surface area contributed by atoms with Gasteiger partial charge in [-0.25, -0.2) is 18.7 Å². The summed E-state index contributed by atoms with van der Waals surface area (Å²) in [5.41, 5.74) is 2.68. The first kappa shape index (κ1) is 25.8. The summed E-state index contributed by atoms with van der Waals surface area (Å²) in [6, 6.07) is 3.38. The van der Waals surface area contributed by atoms with Gasteiger partial charge in [-0.1, -0.05) is 0 Å². The highest BCUT2D eigenvalue weighted by atomic mass is 19.1. The highest BCUT2D eigenvalue weighted by Gasteiger charge is 2.32. The van der Waals surface area contributed by atoms with Gasteiger partial charge in [-0.15, -0.1) is 0 Å². The van der Waals surface area contributed by atoms with E-state index in [9.17, 15) is 18.7 Å². The number of aromatic nitrogens is 2. The molecule has 8 nitrogen and oxygen atoms in total. The number of amides is 1. The van der Waals surface area contributed by atoms with Crippen molar-refractivity contribution in [2.75, 3.05) is 38.3 Å². The molecule has 10 heteroatoms. The molecule has 1 aromatic heterocycles. The van der Waals surface area contributed by atoms with Crippen LogP contribution in [0.1, 0.15) is 61.5 Å². The number of benzene rings is 1. The van der Waals surface area contributed by atoms with Crippen molar-refractivity contribution in [2.24, 2.45) is 0 Å². The molecule has 0 spiro atoms. The number of methoxy groups -OCH3 is 1. The maximum atomic E-state index is 14.1. The minimum atomic E-state index is -0.689. The van der Waals surface area contributed by atoms with E-state index in [1.807, 2.05) is 0 Å². The van der Waals surface area contributed by atoms with E-state index >= 15 is 0 Å². The highest BCUT2D eigenvalue weighted by molar-refractivity contribution is 5.77. The molecule has 1 aromatic carbocycles. The Labute approximate surface area is 215 Å². The van der Waals surface area contributed by atoms with E-state index in [1.54, 1.807) is 12.0 Å². The van der Waals surface area contributed by atoms with E-state index in [4.69, 9.17) is 19.4 Å². The van der Waals surface area contributed by atoms with Crippen LogP contribution >= 0.6 is 0 Å². The maximum absolute atomic E-state index is 14.1. The lowest BCUT2D eigenvalue weighted by atomic mass is 9.84. The van der Waals surface area contributed by atoms with Crippen LogP contribution in [0, 0.1) is 11.6 Å². The minimum Gasteiger partial charge on any atom is -0.487 e. The zero-order chi connectivity index (χ0) is 25.9. The second-order valence-electron chi connectivity index (χ2n) is 10.1. The lowest BCUT2D eigenvalue weighted by molar-refractivity contribution is -0.135. The average molecular weight is 517 g/mol. The molecule has 3 heterocycles. The fourth-order valence-corrected chi connectivity index (χ4v) is 5.66. The van der Waals surface area contributed by atoms with E-state index < -0.39 is 18.2 Å². The van der Waals surface area contributed by atoms with Gasteiger partial charge in [0.15, 0.2) is 17.4 Å². The van der Waals surface area contributed by atoms with Crippen molar-refractivity contribution in [1.82, 2.24) is 14.9 Å². The van der Waals surface area contributed by atoms with Gasteiger partial charge < -0.3 is 24.4 Å². The van der Waals surface area contributed by atoms with Crippen LogP contribution < -0.4 is 9.64 Å². The molecule has 2 aromatic rings. The van der Waals surface area contributed by atoms with E-state index in [0.717, 1.165) is 54.6 Å². The van der Waals surface area contributed by atoms with Crippen LogP contribution in [0.4, 0.5) is 14.6 Å². The van der Waals surface area contributed by atoms with Gasteiger partial charge in [0.1, 0.15) is 18.5 Å². The highest BCUT2D eigenvalue weighted by Crippen LogP contribution is 2.38. The molecular formula is C27H34F2N4O4. The Hall–Kier alpha value is -2.85. The second-order valence-corrected chi connectivity index (χ2v) is 10.1. The number of rotatable bonds is 6. The summed E-state index contributed by atoms with van der Waals surface area (Å²) in [6.07, 6.45) is 5.92. The summed E-state index contributed by atoms with van der Waals surface area (Å²) in [5.74, 6) is -0.380. The topological polar surface area (TPSA) is 88.0 Å². The average Bonchev–Trinajstić information content (AvgIpc) is 2.93. The van der Waals surface area contributed by atoms with Crippen molar-refractivity contribution < 1.29 is 28.2 Å². The molecule has 0 unspecified atom stereocenters. The van der Waals surface area contributed by atoms with Crippen LogP contribution in [0.3, 0.4) is 0 Å². The van der Waals surface area contributed by atoms with Gasteiger partial charge in [0.25, 0.3) is 0 Å². The van der Waals surface area contributed by atoms with Gasteiger partial charge in [-0.2, -0.15) is 0 Å². The predicted octanol–water partition coefficient (Wildman–Crippen LogP) is 3.35. The Morgan fingerprint density at radius 2 is 1.78 bits per heavy atom. The molecule has 5 rings (SSSR count). The summed E-state index contributed by atoms with van der Waals surface area (Å²) < 4.78 is 38.7. The Morgan fingerprint density at radius 1 is 1.03 bits per heavy atom. The number of hydrogen-bond donors (Lipinski definition) is 1. The van der Waals surface area contributed by atoms with Crippen LogP contribution in [0.2, 0.25) is 0 Å². The lowest BCUT2D eigenvalue weighted by Gasteiger charge is -2.37. The number of carbonyl (C=O) groups excluding carboxylic acids is 1. The van der Waals surface area contributed by atoms with Gasteiger partial charge in [-0.05, 0) is 37.8 Å². The zero-order valence-corrected chi connectivity index (χ0v) is 21.2. The Kier molecular flexibility index (Phi) is 7.85. The predicted molar refractivity (Wildman–Crippen MR) is 132 cm³/mol. The van der Waals surface area contributed by atoms with Crippen molar-refractivity contribution >= 4 is 11.7 Å². The first-order chi connectivity index (χ1) is 17.9. The zero-order valence-electron chi connectivity index (χ0n) is 21.2. The summed E-state index contributed by atoms with van der Waals surface area (Å²) in [4.78, 5) is 26.2. The number of halogens is 2. The van der Waals surface area contributed by atoms with Crippen molar-refractivity contribution in [3.8, 4) is 5.75 Å². The molecule has 2 aliphatic heterocycles. The minimum absolute atomic E-state index is 0.0750. The molecule has 1 amide bonds. The maximum Gasteiger partial charge on any atom is 0.248 e. The molecular weight excluding hydrogens is 482 g/mol. The monoisotopic (exact) mass is 516 g/mol. The molecule has 2 fully saturated rings. The number of ether oxygens (including phenoxy) is 2. The van der Waals surface area contributed by atoms with Crippen LogP contribution in [-0.2, 0) is 22.5 Å². The number of fused-ring (bicyclic) bond motifs is 1. The Bertz CT molecular complexity index is 1120. The number of hydrogen-bond acceptors (Lipinski definition) is 7. The first-order valence-electron chi connectivity index (χ1n) is 13.1. The number of nitrogens with zero attached hydrogens (tertiary/aromatic N) is 4. The molecule has 37 heavy (non-hydrogen) atoms. The Balaban J connectivity index is 1.35. The molecule has 0 radical (unpaired) electrons. The molecule has 0 bridgehead atoms. The van der Waals surface area contributed by atoms with Crippen molar-refractivity contribution in [2.45, 2.75) is 69.6 Å². The quantitative estimate of drug-likeness (QED) is 0.630. The van der Waals surface area contributed by atoms with Gasteiger partial charge in [0, 0.05) is 58.0 Å². The number of aliphatic hydroxyl groups is 1. The lowest BCUT2D eigenvalue weighted by Crippen LogP contribution is -2.41. The van der Waals surface area contributed by atoms with Crippen LogP contribution in [0.25, 0.3) is 0 Å². The normalized spacial score (nSPS) is 22.6. The van der Waals surface area contributed by atoms with Gasteiger partial charge in [0.05, 0.1) is 29.7 Å². The largest absolute Gasteiger partial charge is 0.487 e. The van der Waals surface area contributed by atoms with Crippen LogP contribution in [-0.4, -0.2) is 71.4 Å². The standard InChI is InChI=1S/C27H34F2N4O4/c1-36-19-5-2-17(3-6-19)26-27(31-22-10-13-33(25(35)16-34)15-23(22)30-26)32-11-8-20(9-12-32)37-24-7-4-18(28)14-21(24)29/h4,7,14,17,19-20,34H,2-3,5-6,8-13,15-16H2,1H3. The van der Waals surface area contributed by atoms with Crippen LogP contribution in [0.15, 0.2) is 18.2 Å². The summed E-state index contributed by atoms with van der Waals surface area (Å²) in [7, 11) is 1.76. The van der Waals surface area contributed by atoms with Crippen molar-refractivity contribution in [3.05, 3.63) is 46.9 Å². The Morgan fingerprint density at radius 3 is 2.46 bits per heavy atom. The fraction of sp³-hybridized carbons (Fsp3) is 0.593. The SMILES string of the molecule is COC1CCC(c2nc3c(nc2N2CCC(Oc4ccc(F)cc4F)CC2)CCN(C(=O)CO)C3)CC1. The first-order valence-corrected chi connectivity index (χ1v) is 13.1. The van der Waals surface area contributed by atoms with E-state index in [2.05, 4.69) is 4.90 Å². The third-order valence-electron chi connectivity index (χ3n) is 7.83. The molecule has 200 valence electrons. The van der Waals surface area contributed by atoms with Gasteiger partial charge in [0.2, 0.25) is 5.91 Å². The number of anilines is 1. The molecule has 1 aliphatic carbocycles. The summed E-state index contributed by atoms with van der Waals surface area (Å²) in [5, 5.41) is 9.30. The van der Waals surface area contributed by atoms with Gasteiger partial charge >= 0.3 is 0 Å². The smallest absolute Gasteiger partial charge is 0.248 e. The van der Waals surface area contributed by atoms with Crippen molar-refractivity contribution in [3.63, 3.8) is 0 Å². The van der Waals surface area contributed by atoms with Crippen LogP contribution in [0.5, 0.6) is 5.75 Å². The third kappa shape index (κ3) is 5.70. The number of aliphatic hydroxyl groups excluding tert-OH is 1. The molecule has 1 N–H and O–H groups in total. The fourth-order valence-electron chi connectivity index (χ4n) is 5.66. The molecule has 3 aliphatic rings. The second kappa shape index (κ2) is 11.3. The summed E-state index contributed by atoms with van der Waals surface area (Å²) in [6.45, 7) is 1.75. The molecule has 1 saturated heterocycles.